The fourth-order valence-electron chi connectivity index (χ4n) is 2.32. The van der Waals surface area contributed by atoms with E-state index in [9.17, 15) is 4.79 Å². The summed E-state index contributed by atoms with van der Waals surface area (Å²) in [5, 5.41) is 6.84. The van der Waals surface area contributed by atoms with E-state index < -0.39 is 5.91 Å². The number of hydrogen-bond acceptors (Lipinski definition) is 6. The molecule has 0 aliphatic rings. The number of benzene rings is 1. The van der Waals surface area contributed by atoms with Crippen LogP contribution in [0.2, 0.25) is 5.02 Å². The summed E-state index contributed by atoms with van der Waals surface area (Å²) in [6.45, 7) is 2.04. The first-order valence-corrected chi connectivity index (χ1v) is 8.09. The van der Waals surface area contributed by atoms with Crippen LogP contribution in [0.5, 0.6) is 0 Å². The number of carbonyl (C=O) groups is 1. The van der Waals surface area contributed by atoms with Crippen molar-refractivity contribution in [3.05, 3.63) is 64.6 Å². The van der Waals surface area contributed by atoms with Crippen LogP contribution >= 0.6 is 11.6 Å². The summed E-state index contributed by atoms with van der Waals surface area (Å²) in [4.78, 5) is 25.9. The molecule has 0 fully saturated rings. The van der Waals surface area contributed by atoms with Gasteiger partial charge in [0.25, 0.3) is 5.91 Å². The lowest BCUT2D eigenvalue weighted by Crippen LogP contribution is -2.13. The van der Waals surface area contributed by atoms with Crippen LogP contribution in [0.1, 0.15) is 21.7 Å². The van der Waals surface area contributed by atoms with Crippen molar-refractivity contribution in [1.29, 1.82) is 0 Å². The molecule has 0 spiro atoms. The quantitative estimate of drug-likeness (QED) is 0.518. The van der Waals surface area contributed by atoms with E-state index in [1.165, 1.54) is 13.3 Å². The number of nitrogens with zero attached hydrogens (tertiary/aromatic N) is 2. The summed E-state index contributed by atoms with van der Waals surface area (Å²) in [5.74, 6) is 0.145. The second-order valence-electron chi connectivity index (χ2n) is 5.47. The van der Waals surface area contributed by atoms with Gasteiger partial charge in [-0.2, -0.15) is 0 Å². The minimum absolute atomic E-state index is 0.157. The summed E-state index contributed by atoms with van der Waals surface area (Å²) in [6.07, 6.45) is 3.11. The summed E-state index contributed by atoms with van der Waals surface area (Å²) in [5.41, 5.74) is 3.17. The lowest BCUT2D eigenvalue weighted by atomic mass is 10.0. The molecule has 2 aromatic heterocycles. The van der Waals surface area contributed by atoms with Gasteiger partial charge in [-0.25, -0.2) is 14.8 Å². The van der Waals surface area contributed by atoms with Crippen molar-refractivity contribution in [2.24, 2.45) is 0 Å². The molecular formula is C18H16ClN3O4. The molecule has 0 aliphatic heterocycles. The number of rotatable bonds is 6. The van der Waals surface area contributed by atoms with Gasteiger partial charge in [-0.05, 0) is 36.8 Å². The second-order valence-corrected chi connectivity index (χ2v) is 5.87. The highest BCUT2D eigenvalue weighted by Crippen LogP contribution is 2.29. The van der Waals surface area contributed by atoms with Crippen LogP contribution in [0.15, 0.2) is 47.2 Å². The van der Waals surface area contributed by atoms with Gasteiger partial charge < -0.3 is 9.84 Å². The Bertz CT molecular complexity index is 909. The van der Waals surface area contributed by atoms with Gasteiger partial charge in [0, 0.05) is 27.9 Å². The van der Waals surface area contributed by atoms with E-state index in [2.05, 4.69) is 20.3 Å². The third kappa shape index (κ3) is 4.08. The van der Waals surface area contributed by atoms with E-state index in [0.29, 0.717) is 23.0 Å². The molecule has 8 heteroatoms. The molecule has 0 unspecified atom stereocenters. The number of anilines is 1. The highest BCUT2D eigenvalue weighted by Gasteiger charge is 2.15. The van der Waals surface area contributed by atoms with E-state index in [-0.39, 0.29) is 5.76 Å². The Morgan fingerprint density at radius 1 is 1.27 bits per heavy atom. The summed E-state index contributed by atoms with van der Waals surface area (Å²) in [6, 6.07) is 9.04. The minimum Gasteiger partial charge on any atom is -0.351 e. The largest absolute Gasteiger partial charge is 0.351 e. The van der Waals surface area contributed by atoms with Crippen molar-refractivity contribution < 1.29 is 19.1 Å². The average molecular weight is 374 g/mol. The highest BCUT2D eigenvalue weighted by atomic mass is 35.5. The van der Waals surface area contributed by atoms with Crippen LogP contribution in [-0.4, -0.2) is 23.2 Å². The maximum Gasteiger partial charge on any atom is 0.295 e. The van der Waals surface area contributed by atoms with Crippen LogP contribution in [0, 0.1) is 6.92 Å². The Labute approximate surface area is 154 Å². The Kier molecular flexibility index (Phi) is 5.62. The molecule has 1 aromatic carbocycles. The molecule has 0 atom stereocenters. The van der Waals surface area contributed by atoms with E-state index in [1.807, 2.05) is 18.2 Å². The zero-order chi connectivity index (χ0) is 18.5. The maximum atomic E-state index is 12.1. The minimum atomic E-state index is -0.406. The number of halogens is 1. The maximum absolute atomic E-state index is 12.1. The zero-order valence-electron chi connectivity index (χ0n) is 14.2. The lowest BCUT2D eigenvalue weighted by molar-refractivity contribution is -0.282. The number of pyridine rings is 1. The predicted molar refractivity (Wildman–Crippen MR) is 95.7 cm³/mol. The van der Waals surface area contributed by atoms with Crippen LogP contribution in [0.4, 0.5) is 5.82 Å². The Hall–Kier alpha value is -2.74. The van der Waals surface area contributed by atoms with Gasteiger partial charge in [-0.1, -0.05) is 22.8 Å². The molecule has 3 aromatic rings. The van der Waals surface area contributed by atoms with Crippen molar-refractivity contribution in [3.63, 3.8) is 0 Å². The SMILES string of the molecule is COOCc1ccc(Cl)c(-c2ccc(NC(=O)c3oncc3C)nc2)c1. The third-order valence-corrected chi connectivity index (χ3v) is 3.97. The second kappa shape index (κ2) is 8.09. The highest BCUT2D eigenvalue weighted by molar-refractivity contribution is 6.33. The van der Waals surface area contributed by atoms with Crippen LogP contribution in [-0.2, 0) is 16.4 Å². The molecule has 1 amide bonds. The zero-order valence-corrected chi connectivity index (χ0v) is 14.9. The molecule has 2 heterocycles. The van der Waals surface area contributed by atoms with E-state index in [1.54, 1.807) is 25.3 Å². The molecule has 0 bridgehead atoms. The third-order valence-electron chi connectivity index (χ3n) is 3.65. The number of nitrogens with one attached hydrogen (secondary N) is 1. The number of aromatic nitrogens is 2. The molecule has 26 heavy (non-hydrogen) atoms. The summed E-state index contributed by atoms with van der Waals surface area (Å²) >= 11 is 6.28. The Balaban J connectivity index is 1.77. The van der Waals surface area contributed by atoms with Crippen molar-refractivity contribution in [2.45, 2.75) is 13.5 Å². The molecular weight excluding hydrogens is 358 g/mol. The van der Waals surface area contributed by atoms with Crippen molar-refractivity contribution in [1.82, 2.24) is 10.1 Å². The number of aryl methyl sites for hydroxylation is 1. The van der Waals surface area contributed by atoms with Gasteiger partial charge in [0.05, 0.1) is 13.3 Å². The first-order valence-electron chi connectivity index (χ1n) is 7.71. The topological polar surface area (TPSA) is 86.5 Å². The van der Waals surface area contributed by atoms with Crippen molar-refractivity contribution in [3.8, 4) is 11.1 Å². The predicted octanol–water partition coefficient (Wildman–Crippen LogP) is 4.03. The molecule has 0 saturated heterocycles. The summed E-state index contributed by atoms with van der Waals surface area (Å²) < 4.78 is 4.92. The molecule has 1 N–H and O–H groups in total. The first kappa shape index (κ1) is 18.1. The van der Waals surface area contributed by atoms with Crippen molar-refractivity contribution in [2.75, 3.05) is 12.4 Å². The van der Waals surface area contributed by atoms with Gasteiger partial charge in [-0.3, -0.25) is 4.79 Å². The first-order chi connectivity index (χ1) is 12.6. The van der Waals surface area contributed by atoms with Crippen molar-refractivity contribution >= 4 is 23.3 Å². The van der Waals surface area contributed by atoms with E-state index >= 15 is 0 Å². The molecule has 7 nitrogen and oxygen atoms in total. The Morgan fingerprint density at radius 3 is 2.77 bits per heavy atom. The molecule has 0 saturated carbocycles. The van der Waals surface area contributed by atoms with Gasteiger partial charge in [0.2, 0.25) is 5.76 Å². The van der Waals surface area contributed by atoms with Gasteiger partial charge in [-0.15, -0.1) is 0 Å². The van der Waals surface area contributed by atoms with Gasteiger partial charge in [0.1, 0.15) is 12.4 Å². The number of hydrogen-bond donors (Lipinski definition) is 1. The molecule has 0 radical (unpaired) electrons. The standard InChI is InChI=1S/C18H16ClN3O4/c1-11-8-21-26-17(11)18(23)22-16-6-4-13(9-20-16)14-7-12(10-25-24-2)3-5-15(14)19/h3-9H,10H2,1-2H3,(H,20,22,23). The van der Waals surface area contributed by atoms with Crippen LogP contribution in [0.25, 0.3) is 11.1 Å². The molecule has 134 valence electrons. The lowest BCUT2D eigenvalue weighted by Gasteiger charge is -2.09. The number of amides is 1. The van der Waals surface area contributed by atoms with Crippen LogP contribution < -0.4 is 5.32 Å². The van der Waals surface area contributed by atoms with Crippen LogP contribution in [0.3, 0.4) is 0 Å². The normalized spacial score (nSPS) is 10.7. The fraction of sp³-hybridized carbons (Fsp3) is 0.167. The average Bonchev–Trinajstić information content (AvgIpc) is 3.08. The van der Waals surface area contributed by atoms with Gasteiger partial charge in [0.15, 0.2) is 0 Å². The van der Waals surface area contributed by atoms with E-state index in [4.69, 9.17) is 21.0 Å². The summed E-state index contributed by atoms with van der Waals surface area (Å²) in [7, 11) is 1.45. The Morgan fingerprint density at radius 2 is 2.12 bits per heavy atom. The number of carbonyl (C=O) groups excluding carboxylic acids is 1. The molecule has 3 rings (SSSR count). The van der Waals surface area contributed by atoms with Gasteiger partial charge >= 0.3 is 0 Å². The smallest absolute Gasteiger partial charge is 0.295 e. The van der Waals surface area contributed by atoms with E-state index in [0.717, 1.165) is 16.7 Å². The molecule has 0 aliphatic carbocycles. The fourth-order valence-corrected chi connectivity index (χ4v) is 2.55. The monoisotopic (exact) mass is 373 g/mol.